The number of hydrogen-bond acceptors (Lipinski definition) is 3. The third kappa shape index (κ3) is 1.50. The highest BCUT2D eigenvalue weighted by Crippen LogP contribution is 2.12. The number of amides is 1. The highest BCUT2D eigenvalue weighted by atomic mass is 32.2. The Morgan fingerprint density at radius 2 is 2.50 bits per heavy atom. The molecule has 10 heavy (non-hydrogen) atoms. The minimum absolute atomic E-state index is 0.00704. The molecule has 1 amide bonds. The molecule has 1 heterocycles. The first-order valence-electron chi connectivity index (χ1n) is 3.11. The predicted molar refractivity (Wildman–Crippen MR) is 39.7 cm³/mol. The molecule has 0 radical (unpaired) electrons. The minimum atomic E-state index is -0.220. The van der Waals surface area contributed by atoms with E-state index in [4.69, 9.17) is 0 Å². The average molecular weight is 159 g/mol. The lowest BCUT2D eigenvalue weighted by molar-refractivity contribution is -0.121. The zero-order valence-electron chi connectivity index (χ0n) is 5.72. The number of thioether (sulfide) groups is 1. The van der Waals surface area contributed by atoms with Crippen LogP contribution in [-0.2, 0) is 9.59 Å². The van der Waals surface area contributed by atoms with Crippen molar-refractivity contribution in [2.45, 2.75) is 18.9 Å². The summed E-state index contributed by atoms with van der Waals surface area (Å²) in [6, 6.07) is -0.220. The van der Waals surface area contributed by atoms with Crippen molar-refractivity contribution in [1.29, 1.82) is 0 Å². The van der Waals surface area contributed by atoms with Crippen LogP contribution in [0.15, 0.2) is 0 Å². The molecule has 0 aliphatic carbocycles. The second-order valence-corrected chi connectivity index (χ2v) is 2.99. The maximum atomic E-state index is 10.9. The molecular weight excluding hydrogens is 150 g/mol. The molecule has 0 saturated carbocycles. The molecule has 1 fully saturated rings. The first-order valence-corrected chi connectivity index (χ1v) is 4.33. The fraction of sp³-hybridized carbons (Fsp3) is 0.667. The van der Waals surface area contributed by atoms with Crippen molar-refractivity contribution in [3.05, 3.63) is 0 Å². The SMILES string of the molecule is CSC(=O)[C@H]1CCC(=O)N1. The molecular formula is C6H9NO2S. The topological polar surface area (TPSA) is 46.2 Å². The van der Waals surface area contributed by atoms with Crippen LogP contribution in [0.3, 0.4) is 0 Å². The zero-order valence-corrected chi connectivity index (χ0v) is 6.53. The average Bonchev–Trinajstić information content (AvgIpc) is 2.34. The van der Waals surface area contributed by atoms with Crippen molar-refractivity contribution in [1.82, 2.24) is 5.32 Å². The van der Waals surface area contributed by atoms with Gasteiger partial charge in [-0.05, 0) is 12.7 Å². The number of carbonyl (C=O) groups excluding carboxylic acids is 2. The Hall–Kier alpha value is -0.510. The van der Waals surface area contributed by atoms with Crippen LogP contribution >= 0.6 is 11.8 Å². The molecule has 56 valence electrons. The van der Waals surface area contributed by atoms with Crippen LogP contribution < -0.4 is 5.32 Å². The van der Waals surface area contributed by atoms with E-state index in [2.05, 4.69) is 5.32 Å². The van der Waals surface area contributed by atoms with Gasteiger partial charge in [0.15, 0.2) is 0 Å². The van der Waals surface area contributed by atoms with Crippen LogP contribution in [0, 0.1) is 0 Å². The van der Waals surface area contributed by atoms with E-state index in [1.165, 1.54) is 11.8 Å². The fourth-order valence-electron chi connectivity index (χ4n) is 0.933. The number of nitrogens with one attached hydrogen (secondary N) is 1. The van der Waals surface area contributed by atoms with E-state index in [0.717, 1.165) is 0 Å². The van der Waals surface area contributed by atoms with E-state index < -0.39 is 0 Å². The number of hydrogen-bond donors (Lipinski definition) is 1. The van der Waals surface area contributed by atoms with Gasteiger partial charge in [0.2, 0.25) is 11.0 Å². The Morgan fingerprint density at radius 1 is 1.80 bits per heavy atom. The fourth-order valence-corrected chi connectivity index (χ4v) is 1.39. The quantitative estimate of drug-likeness (QED) is 0.592. The van der Waals surface area contributed by atoms with E-state index in [-0.39, 0.29) is 17.1 Å². The second-order valence-electron chi connectivity index (χ2n) is 2.18. The monoisotopic (exact) mass is 159 g/mol. The Balaban J connectivity index is 2.44. The summed E-state index contributed by atoms with van der Waals surface area (Å²) >= 11 is 1.17. The molecule has 1 atom stereocenters. The van der Waals surface area contributed by atoms with Crippen LogP contribution in [0.25, 0.3) is 0 Å². The summed E-state index contributed by atoms with van der Waals surface area (Å²) in [5, 5.41) is 2.66. The van der Waals surface area contributed by atoms with Gasteiger partial charge in [0.25, 0.3) is 0 Å². The zero-order chi connectivity index (χ0) is 7.56. The lowest BCUT2D eigenvalue weighted by Crippen LogP contribution is -2.31. The third-order valence-corrected chi connectivity index (χ3v) is 2.17. The van der Waals surface area contributed by atoms with E-state index >= 15 is 0 Å². The van der Waals surface area contributed by atoms with Crippen LogP contribution in [0.4, 0.5) is 0 Å². The van der Waals surface area contributed by atoms with Gasteiger partial charge in [-0.15, -0.1) is 0 Å². The van der Waals surface area contributed by atoms with Gasteiger partial charge in [-0.25, -0.2) is 0 Å². The molecule has 0 unspecified atom stereocenters. The van der Waals surface area contributed by atoms with Crippen LogP contribution in [0.2, 0.25) is 0 Å². The Kier molecular flexibility index (Phi) is 2.32. The smallest absolute Gasteiger partial charge is 0.220 e. The van der Waals surface area contributed by atoms with Gasteiger partial charge in [-0.1, -0.05) is 11.8 Å². The van der Waals surface area contributed by atoms with Crippen molar-refractivity contribution in [2.24, 2.45) is 0 Å². The van der Waals surface area contributed by atoms with Gasteiger partial charge in [0, 0.05) is 6.42 Å². The summed E-state index contributed by atoms with van der Waals surface area (Å²) < 4.78 is 0. The molecule has 3 nitrogen and oxygen atoms in total. The standard InChI is InChI=1S/C6H9NO2S/c1-10-6(9)4-2-3-5(8)7-4/h4H,2-3H2,1H3,(H,7,8)/t4-/m1/s1. The van der Waals surface area contributed by atoms with Crippen LogP contribution in [0.5, 0.6) is 0 Å². The Labute approximate surface area is 63.6 Å². The van der Waals surface area contributed by atoms with E-state index in [9.17, 15) is 9.59 Å². The van der Waals surface area contributed by atoms with Crippen molar-refractivity contribution >= 4 is 22.8 Å². The first-order chi connectivity index (χ1) is 4.74. The number of rotatable bonds is 1. The predicted octanol–water partition coefficient (Wildman–Crippen LogP) is 0.155. The van der Waals surface area contributed by atoms with Gasteiger partial charge in [-0.3, -0.25) is 9.59 Å². The Bertz CT molecular complexity index is 169. The van der Waals surface area contributed by atoms with Crippen LogP contribution in [-0.4, -0.2) is 23.3 Å². The Morgan fingerprint density at radius 3 is 2.90 bits per heavy atom. The maximum absolute atomic E-state index is 10.9. The number of carbonyl (C=O) groups is 2. The third-order valence-electron chi connectivity index (χ3n) is 1.48. The lowest BCUT2D eigenvalue weighted by atomic mass is 10.2. The minimum Gasteiger partial charge on any atom is -0.345 e. The second kappa shape index (κ2) is 3.05. The molecule has 1 rings (SSSR count). The summed E-state index contributed by atoms with van der Waals surface area (Å²) in [5.41, 5.74) is 0. The summed E-state index contributed by atoms with van der Waals surface area (Å²) in [6.45, 7) is 0. The first kappa shape index (κ1) is 7.60. The van der Waals surface area contributed by atoms with E-state index in [0.29, 0.717) is 12.8 Å². The van der Waals surface area contributed by atoms with Crippen molar-refractivity contribution in [3.63, 3.8) is 0 Å². The molecule has 0 spiro atoms. The highest BCUT2D eigenvalue weighted by molar-refractivity contribution is 8.13. The van der Waals surface area contributed by atoms with Crippen molar-refractivity contribution in [2.75, 3.05) is 6.26 Å². The van der Waals surface area contributed by atoms with E-state index in [1.54, 1.807) is 6.26 Å². The molecule has 0 aromatic rings. The van der Waals surface area contributed by atoms with Gasteiger partial charge in [-0.2, -0.15) is 0 Å². The van der Waals surface area contributed by atoms with Gasteiger partial charge in [0.05, 0.1) is 6.04 Å². The lowest BCUT2D eigenvalue weighted by Gasteiger charge is -2.03. The summed E-state index contributed by atoms with van der Waals surface area (Å²) in [6.07, 6.45) is 2.89. The van der Waals surface area contributed by atoms with Gasteiger partial charge < -0.3 is 5.32 Å². The van der Waals surface area contributed by atoms with Gasteiger partial charge >= 0.3 is 0 Å². The van der Waals surface area contributed by atoms with Crippen molar-refractivity contribution in [3.8, 4) is 0 Å². The molecule has 1 N–H and O–H groups in total. The molecule has 0 aromatic carbocycles. The van der Waals surface area contributed by atoms with E-state index in [1.807, 2.05) is 0 Å². The van der Waals surface area contributed by atoms with Crippen LogP contribution in [0.1, 0.15) is 12.8 Å². The molecule has 4 heteroatoms. The van der Waals surface area contributed by atoms with Crippen molar-refractivity contribution < 1.29 is 9.59 Å². The molecule has 0 bridgehead atoms. The molecule has 1 aliphatic heterocycles. The molecule has 1 aliphatic rings. The van der Waals surface area contributed by atoms with Gasteiger partial charge in [0.1, 0.15) is 0 Å². The molecule has 1 saturated heterocycles. The normalized spacial score (nSPS) is 24.5. The summed E-state index contributed by atoms with van der Waals surface area (Å²) in [7, 11) is 0. The summed E-state index contributed by atoms with van der Waals surface area (Å²) in [5.74, 6) is -0.00704. The maximum Gasteiger partial charge on any atom is 0.220 e. The summed E-state index contributed by atoms with van der Waals surface area (Å²) in [4.78, 5) is 21.5. The molecule has 0 aromatic heterocycles. The highest BCUT2D eigenvalue weighted by Gasteiger charge is 2.25. The largest absolute Gasteiger partial charge is 0.345 e.